The Hall–Kier alpha value is -3.17. The van der Waals surface area contributed by atoms with E-state index in [4.69, 9.17) is 9.47 Å². The molecule has 0 bridgehead atoms. The molecule has 9 heteroatoms. The summed E-state index contributed by atoms with van der Waals surface area (Å²) in [5, 5.41) is 10.2. The fourth-order valence-electron chi connectivity index (χ4n) is 3.95. The summed E-state index contributed by atoms with van der Waals surface area (Å²) in [7, 11) is 0. The predicted molar refractivity (Wildman–Crippen MR) is 139 cm³/mol. The van der Waals surface area contributed by atoms with Crippen LogP contribution >= 0.6 is 27.3 Å². The van der Waals surface area contributed by atoms with E-state index in [9.17, 15) is 14.7 Å². The fraction of sp³-hybridized carbons (Fsp3) is 0.269. The molecule has 0 spiro atoms. The second-order valence-electron chi connectivity index (χ2n) is 8.00. The van der Waals surface area contributed by atoms with Crippen molar-refractivity contribution in [3.05, 3.63) is 88.5 Å². The maximum absolute atomic E-state index is 13.7. The lowest BCUT2D eigenvalue weighted by molar-refractivity contribution is -0.139. The summed E-state index contributed by atoms with van der Waals surface area (Å²) < 4.78 is 13.3. The number of nitrogens with zero attached hydrogens (tertiary/aromatic N) is 2. The van der Waals surface area contributed by atoms with Crippen LogP contribution in [0.1, 0.15) is 43.5 Å². The molecule has 1 N–H and O–H groups in total. The van der Waals surface area contributed by atoms with Crippen molar-refractivity contribution >= 4 is 39.3 Å². The van der Waals surface area contributed by atoms with Crippen LogP contribution in [-0.4, -0.2) is 28.9 Å². The van der Waals surface area contributed by atoms with E-state index in [0.29, 0.717) is 43.0 Å². The van der Waals surface area contributed by atoms with Gasteiger partial charge in [-0.25, -0.2) is 9.79 Å². The van der Waals surface area contributed by atoms with E-state index in [1.165, 1.54) is 11.3 Å². The summed E-state index contributed by atoms with van der Waals surface area (Å²) in [6.07, 6.45) is 1.73. The third kappa shape index (κ3) is 4.83. The maximum atomic E-state index is 13.7. The van der Waals surface area contributed by atoms with Gasteiger partial charge in [0, 0.05) is 0 Å². The lowest BCUT2D eigenvalue weighted by Gasteiger charge is -2.24. The van der Waals surface area contributed by atoms with E-state index in [1.807, 2.05) is 38.1 Å². The minimum absolute atomic E-state index is 0.000431. The number of phenolic OH excluding ortho intramolecular Hbond substituents is 1. The molecular weight excluding hydrogens is 532 g/mol. The van der Waals surface area contributed by atoms with Gasteiger partial charge in [-0.05, 0) is 73.0 Å². The minimum atomic E-state index is -0.654. The summed E-state index contributed by atoms with van der Waals surface area (Å²) >= 11 is 4.58. The molecule has 35 heavy (non-hydrogen) atoms. The lowest BCUT2D eigenvalue weighted by atomic mass is 9.95. The number of ether oxygens (including phenoxy) is 2. The van der Waals surface area contributed by atoms with E-state index in [2.05, 4.69) is 20.9 Å². The molecule has 2 heterocycles. The highest BCUT2D eigenvalue weighted by Gasteiger charge is 2.33. The quantitative estimate of drug-likeness (QED) is 0.464. The zero-order valence-corrected chi connectivity index (χ0v) is 22.2. The number of phenols is 1. The van der Waals surface area contributed by atoms with Gasteiger partial charge in [0.1, 0.15) is 0 Å². The third-order valence-corrected chi connectivity index (χ3v) is 7.15. The average Bonchev–Trinajstić information content (AvgIpc) is 3.11. The van der Waals surface area contributed by atoms with Crippen LogP contribution in [0.5, 0.6) is 11.5 Å². The number of carbonyl (C=O) groups is 1. The number of fused-ring (bicyclic) bond motifs is 1. The molecule has 1 atom stereocenters. The van der Waals surface area contributed by atoms with Crippen LogP contribution in [0.25, 0.3) is 6.08 Å². The van der Waals surface area contributed by atoms with Gasteiger partial charge in [-0.15, -0.1) is 0 Å². The SMILES string of the molecule is CCOC(=O)C1=C(C)N=c2s/c(=C/c3cc(Br)c(O)c(OCC)c3)c(=O)n2[C@@H]1c1ccc(C)cc1. The number of aryl methyl sites for hydroxylation is 1. The molecule has 2 aromatic carbocycles. The topological polar surface area (TPSA) is 90.1 Å². The standard InChI is InChI=1S/C26H25BrN2O5S/c1-5-33-19-12-16(11-18(27)23(19)30)13-20-24(31)29-22(17-9-7-14(3)8-10-17)21(25(32)34-6-2)15(4)28-26(29)35-20/h7-13,22,30H,5-6H2,1-4H3/b20-13+/t22-/m1/s1. The Morgan fingerprint density at radius 2 is 1.91 bits per heavy atom. The Bertz CT molecular complexity index is 1500. The van der Waals surface area contributed by atoms with Gasteiger partial charge in [-0.2, -0.15) is 0 Å². The molecule has 1 aromatic heterocycles. The van der Waals surface area contributed by atoms with Gasteiger partial charge >= 0.3 is 5.97 Å². The van der Waals surface area contributed by atoms with Crippen molar-refractivity contribution in [3.8, 4) is 11.5 Å². The van der Waals surface area contributed by atoms with E-state index in [-0.39, 0.29) is 17.9 Å². The van der Waals surface area contributed by atoms with Gasteiger partial charge in [-0.1, -0.05) is 41.2 Å². The summed E-state index contributed by atoms with van der Waals surface area (Å²) in [6, 6.07) is 10.5. The van der Waals surface area contributed by atoms with E-state index < -0.39 is 12.0 Å². The van der Waals surface area contributed by atoms with Crippen molar-refractivity contribution in [2.45, 2.75) is 33.7 Å². The molecule has 1 aliphatic rings. The van der Waals surface area contributed by atoms with Crippen LogP contribution < -0.4 is 19.6 Å². The predicted octanol–water partition coefficient (Wildman–Crippen LogP) is 3.97. The van der Waals surface area contributed by atoms with Gasteiger partial charge in [0.15, 0.2) is 16.3 Å². The van der Waals surface area contributed by atoms with Gasteiger partial charge in [-0.3, -0.25) is 9.36 Å². The van der Waals surface area contributed by atoms with Crippen molar-refractivity contribution < 1.29 is 19.4 Å². The Balaban J connectivity index is 1.93. The normalized spacial score (nSPS) is 15.6. The number of rotatable bonds is 6. The molecule has 0 unspecified atom stereocenters. The number of halogens is 1. The van der Waals surface area contributed by atoms with Crippen LogP contribution in [-0.2, 0) is 9.53 Å². The highest BCUT2D eigenvalue weighted by atomic mass is 79.9. The van der Waals surface area contributed by atoms with Crippen LogP contribution in [0.2, 0.25) is 0 Å². The number of benzene rings is 2. The van der Waals surface area contributed by atoms with Gasteiger partial charge < -0.3 is 14.6 Å². The van der Waals surface area contributed by atoms with E-state index in [1.54, 1.807) is 36.6 Å². The number of esters is 1. The van der Waals surface area contributed by atoms with Gasteiger partial charge in [0.05, 0.1) is 39.5 Å². The first-order valence-corrected chi connectivity index (χ1v) is 12.8. The smallest absolute Gasteiger partial charge is 0.338 e. The first kappa shape index (κ1) is 24.9. The Kier molecular flexibility index (Phi) is 7.28. The molecule has 0 aliphatic carbocycles. The van der Waals surface area contributed by atoms with Crippen LogP contribution in [0.4, 0.5) is 0 Å². The van der Waals surface area contributed by atoms with Crippen LogP contribution in [0, 0.1) is 6.92 Å². The number of aromatic nitrogens is 1. The Morgan fingerprint density at radius 3 is 2.57 bits per heavy atom. The van der Waals surface area contributed by atoms with Crippen LogP contribution in [0.3, 0.4) is 0 Å². The number of aromatic hydroxyl groups is 1. The van der Waals surface area contributed by atoms with Crippen molar-refractivity contribution in [3.63, 3.8) is 0 Å². The molecule has 0 saturated heterocycles. The molecule has 7 nitrogen and oxygen atoms in total. The Morgan fingerprint density at radius 1 is 1.20 bits per heavy atom. The number of hydrogen-bond acceptors (Lipinski definition) is 7. The molecule has 182 valence electrons. The fourth-order valence-corrected chi connectivity index (χ4v) is 5.46. The number of thiazole rings is 1. The first-order valence-electron chi connectivity index (χ1n) is 11.2. The zero-order chi connectivity index (χ0) is 25.3. The molecule has 0 saturated carbocycles. The average molecular weight is 557 g/mol. The number of carbonyl (C=O) groups excluding carboxylic acids is 1. The Labute approximate surface area is 214 Å². The summed E-state index contributed by atoms with van der Waals surface area (Å²) in [4.78, 5) is 31.7. The third-order valence-electron chi connectivity index (χ3n) is 5.56. The molecule has 0 radical (unpaired) electrons. The zero-order valence-electron chi connectivity index (χ0n) is 19.8. The highest BCUT2D eigenvalue weighted by Crippen LogP contribution is 2.36. The second-order valence-corrected chi connectivity index (χ2v) is 9.86. The highest BCUT2D eigenvalue weighted by molar-refractivity contribution is 9.10. The monoisotopic (exact) mass is 556 g/mol. The molecular formula is C26H25BrN2O5S. The number of allylic oxidation sites excluding steroid dienone is 1. The maximum Gasteiger partial charge on any atom is 0.338 e. The minimum Gasteiger partial charge on any atom is -0.503 e. The molecule has 0 amide bonds. The van der Waals surface area contributed by atoms with Gasteiger partial charge in [0.25, 0.3) is 5.56 Å². The molecule has 0 fully saturated rings. The van der Waals surface area contributed by atoms with Crippen molar-refractivity contribution in [2.75, 3.05) is 13.2 Å². The van der Waals surface area contributed by atoms with Crippen LogP contribution in [0.15, 0.2) is 61.9 Å². The second kappa shape index (κ2) is 10.2. The van der Waals surface area contributed by atoms with E-state index >= 15 is 0 Å². The van der Waals surface area contributed by atoms with Crippen molar-refractivity contribution in [2.24, 2.45) is 4.99 Å². The molecule has 4 rings (SSSR count). The van der Waals surface area contributed by atoms with E-state index in [0.717, 1.165) is 11.1 Å². The lowest BCUT2D eigenvalue weighted by Crippen LogP contribution is -2.39. The summed E-state index contributed by atoms with van der Waals surface area (Å²) in [5.74, 6) is -0.171. The largest absolute Gasteiger partial charge is 0.503 e. The van der Waals surface area contributed by atoms with Gasteiger partial charge in [0.2, 0.25) is 0 Å². The van der Waals surface area contributed by atoms with Crippen molar-refractivity contribution in [1.29, 1.82) is 0 Å². The summed E-state index contributed by atoms with van der Waals surface area (Å²) in [6.45, 7) is 7.92. The summed E-state index contributed by atoms with van der Waals surface area (Å²) in [5.41, 5.74) is 3.15. The number of hydrogen-bond donors (Lipinski definition) is 1. The van der Waals surface area contributed by atoms with Crippen molar-refractivity contribution in [1.82, 2.24) is 4.57 Å². The molecule has 3 aromatic rings. The molecule has 1 aliphatic heterocycles. The first-order chi connectivity index (χ1) is 16.7.